The summed E-state index contributed by atoms with van der Waals surface area (Å²) in [6, 6.07) is 0. The van der Waals surface area contributed by atoms with Gasteiger partial charge in [0.1, 0.15) is 17.9 Å². The molecule has 0 saturated heterocycles. The van der Waals surface area contributed by atoms with Crippen LogP contribution in [0.4, 0.5) is 5.69 Å². The second-order valence-corrected chi connectivity index (χ2v) is 6.27. The number of carbonyl (C=O) groups excluding carboxylic acids is 1. The number of aromatic nitrogens is 2. The van der Waals surface area contributed by atoms with E-state index < -0.39 is 4.92 Å². The van der Waals surface area contributed by atoms with E-state index in [1.165, 1.54) is 23.9 Å². The van der Waals surface area contributed by atoms with Gasteiger partial charge in [-0.25, -0.2) is 0 Å². The van der Waals surface area contributed by atoms with Crippen LogP contribution in [0.2, 0.25) is 0 Å². The highest BCUT2D eigenvalue weighted by Gasteiger charge is 2.22. The first kappa shape index (κ1) is 18.4. The monoisotopic (exact) mass is 338 g/mol. The van der Waals surface area contributed by atoms with E-state index in [1.807, 2.05) is 0 Å². The second kappa shape index (κ2) is 8.77. The van der Waals surface area contributed by atoms with Gasteiger partial charge in [-0.15, -0.1) is 0 Å². The fourth-order valence-corrected chi connectivity index (χ4v) is 3.08. The van der Waals surface area contributed by atoms with Crippen molar-refractivity contribution in [2.24, 2.45) is 0 Å². The molecule has 134 valence electrons. The first-order valence-electron chi connectivity index (χ1n) is 8.55. The lowest BCUT2D eigenvalue weighted by molar-refractivity contribution is -0.386. The summed E-state index contributed by atoms with van der Waals surface area (Å²) in [4.78, 5) is 22.4. The Kier molecular flexibility index (Phi) is 6.72. The zero-order valence-corrected chi connectivity index (χ0v) is 14.4. The molecule has 1 N–H and O–H groups in total. The molecule has 1 aromatic rings. The molecule has 24 heavy (non-hydrogen) atoms. The van der Waals surface area contributed by atoms with Crippen molar-refractivity contribution in [3.63, 3.8) is 0 Å². The minimum atomic E-state index is -0.464. The maximum absolute atomic E-state index is 11.9. The van der Waals surface area contributed by atoms with Crippen LogP contribution >= 0.6 is 0 Å². The molecule has 0 aliphatic heterocycles. The highest BCUT2D eigenvalue weighted by atomic mass is 16.6. The van der Waals surface area contributed by atoms with Crippen LogP contribution in [0.3, 0.4) is 0 Å². The van der Waals surface area contributed by atoms with E-state index in [0.717, 1.165) is 19.3 Å². The molecular formula is C16H26N4O4. The average molecular weight is 338 g/mol. The van der Waals surface area contributed by atoms with Gasteiger partial charge in [-0.2, -0.15) is 5.10 Å². The van der Waals surface area contributed by atoms with Crippen LogP contribution in [0.5, 0.6) is 0 Å². The van der Waals surface area contributed by atoms with Crippen LogP contribution in [-0.2, 0) is 16.1 Å². The molecule has 1 fully saturated rings. The molecule has 1 heterocycles. The zero-order chi connectivity index (χ0) is 17.5. The molecule has 1 saturated carbocycles. The fourth-order valence-electron chi connectivity index (χ4n) is 3.08. The Labute approximate surface area is 141 Å². The predicted octanol–water partition coefficient (Wildman–Crippen LogP) is 2.26. The third-order valence-electron chi connectivity index (χ3n) is 4.37. The number of nitrogens with zero attached hydrogens (tertiary/aromatic N) is 3. The Bertz CT molecular complexity index is 579. The zero-order valence-electron chi connectivity index (χ0n) is 14.4. The molecule has 0 spiro atoms. The molecule has 0 unspecified atom stereocenters. The minimum absolute atomic E-state index is 0.00993. The van der Waals surface area contributed by atoms with Crippen molar-refractivity contribution in [3.8, 4) is 0 Å². The molecular weight excluding hydrogens is 312 g/mol. The van der Waals surface area contributed by atoms with Gasteiger partial charge in [0, 0.05) is 13.2 Å². The number of rotatable bonds is 8. The third-order valence-corrected chi connectivity index (χ3v) is 4.37. The summed E-state index contributed by atoms with van der Waals surface area (Å²) in [6.07, 6.45) is 7.22. The van der Waals surface area contributed by atoms with Crippen molar-refractivity contribution in [1.29, 1.82) is 0 Å². The Balaban J connectivity index is 1.68. The van der Waals surface area contributed by atoms with Gasteiger partial charge < -0.3 is 10.1 Å². The van der Waals surface area contributed by atoms with Crippen LogP contribution in [0.25, 0.3) is 0 Å². The Hall–Kier alpha value is -1.96. The Morgan fingerprint density at radius 3 is 2.71 bits per heavy atom. The molecule has 8 heteroatoms. The summed E-state index contributed by atoms with van der Waals surface area (Å²) in [7, 11) is 0. The van der Waals surface area contributed by atoms with Gasteiger partial charge in [0.15, 0.2) is 0 Å². The van der Waals surface area contributed by atoms with Gasteiger partial charge >= 0.3 is 5.69 Å². The summed E-state index contributed by atoms with van der Waals surface area (Å²) >= 11 is 0. The van der Waals surface area contributed by atoms with Gasteiger partial charge in [-0.1, -0.05) is 19.3 Å². The van der Waals surface area contributed by atoms with Crippen LogP contribution < -0.4 is 5.32 Å². The standard InChI is InChI=1S/C16H26N4O4/c1-12-16(20(22)23)13(2)19(18-12)11-15(21)17-9-6-10-24-14-7-4-3-5-8-14/h14H,3-11H2,1-2H3,(H,17,21). The summed E-state index contributed by atoms with van der Waals surface area (Å²) in [5.74, 6) is -0.201. The average Bonchev–Trinajstić information content (AvgIpc) is 2.82. The number of carbonyl (C=O) groups is 1. The van der Waals surface area contributed by atoms with Crippen molar-refractivity contribution in [3.05, 3.63) is 21.5 Å². The highest BCUT2D eigenvalue weighted by molar-refractivity contribution is 5.75. The third kappa shape index (κ3) is 5.02. The molecule has 2 rings (SSSR count). The first-order chi connectivity index (χ1) is 11.5. The van der Waals surface area contributed by atoms with Gasteiger partial charge in [-0.3, -0.25) is 19.6 Å². The van der Waals surface area contributed by atoms with Crippen LogP contribution in [0.1, 0.15) is 49.9 Å². The topological polar surface area (TPSA) is 99.3 Å². The number of amides is 1. The smallest absolute Gasteiger partial charge is 0.312 e. The predicted molar refractivity (Wildman–Crippen MR) is 88.8 cm³/mol. The van der Waals surface area contributed by atoms with Crippen molar-refractivity contribution < 1.29 is 14.5 Å². The van der Waals surface area contributed by atoms with Crippen molar-refractivity contribution in [2.75, 3.05) is 13.2 Å². The van der Waals surface area contributed by atoms with E-state index in [0.29, 0.717) is 30.6 Å². The Morgan fingerprint density at radius 1 is 1.38 bits per heavy atom. The molecule has 1 aromatic heterocycles. The number of nitro groups is 1. The first-order valence-corrected chi connectivity index (χ1v) is 8.55. The molecule has 0 aromatic carbocycles. The summed E-state index contributed by atoms with van der Waals surface area (Å²) < 4.78 is 7.18. The van der Waals surface area contributed by atoms with Crippen molar-refractivity contribution in [2.45, 2.75) is 65.0 Å². The molecule has 0 atom stereocenters. The van der Waals surface area contributed by atoms with E-state index >= 15 is 0 Å². The number of hydrogen-bond donors (Lipinski definition) is 1. The summed E-state index contributed by atoms with van der Waals surface area (Å²) in [5, 5.41) is 17.8. The fraction of sp³-hybridized carbons (Fsp3) is 0.750. The van der Waals surface area contributed by atoms with E-state index in [2.05, 4.69) is 10.4 Å². The summed E-state index contributed by atoms with van der Waals surface area (Å²) in [6.45, 7) is 4.35. The molecule has 1 amide bonds. The van der Waals surface area contributed by atoms with Gasteiger partial charge in [-0.05, 0) is 33.1 Å². The SMILES string of the molecule is Cc1nn(CC(=O)NCCCOC2CCCCC2)c(C)c1[N+](=O)[O-]. The summed E-state index contributed by atoms with van der Waals surface area (Å²) in [5.41, 5.74) is 0.697. The van der Waals surface area contributed by atoms with Gasteiger partial charge in [0.2, 0.25) is 5.91 Å². The van der Waals surface area contributed by atoms with Gasteiger partial charge in [0.05, 0.1) is 11.0 Å². The lowest BCUT2D eigenvalue weighted by Gasteiger charge is -2.21. The lowest BCUT2D eigenvalue weighted by atomic mass is 9.98. The largest absolute Gasteiger partial charge is 0.378 e. The maximum atomic E-state index is 11.9. The van der Waals surface area contributed by atoms with Crippen LogP contribution in [0, 0.1) is 24.0 Å². The lowest BCUT2D eigenvalue weighted by Crippen LogP contribution is -2.30. The van der Waals surface area contributed by atoms with Crippen molar-refractivity contribution >= 4 is 11.6 Å². The maximum Gasteiger partial charge on any atom is 0.312 e. The van der Waals surface area contributed by atoms with E-state index in [1.54, 1.807) is 13.8 Å². The molecule has 1 aliphatic carbocycles. The normalized spacial score (nSPS) is 15.4. The molecule has 1 aliphatic rings. The number of hydrogen-bond acceptors (Lipinski definition) is 5. The quantitative estimate of drug-likeness (QED) is 0.445. The number of ether oxygens (including phenoxy) is 1. The van der Waals surface area contributed by atoms with E-state index in [9.17, 15) is 14.9 Å². The molecule has 8 nitrogen and oxygen atoms in total. The molecule has 0 bridgehead atoms. The highest BCUT2D eigenvalue weighted by Crippen LogP contribution is 2.21. The number of aryl methyl sites for hydroxylation is 1. The second-order valence-electron chi connectivity index (χ2n) is 6.27. The number of nitrogens with one attached hydrogen (secondary N) is 1. The Morgan fingerprint density at radius 2 is 2.08 bits per heavy atom. The minimum Gasteiger partial charge on any atom is -0.378 e. The van der Waals surface area contributed by atoms with Crippen molar-refractivity contribution in [1.82, 2.24) is 15.1 Å². The van der Waals surface area contributed by atoms with Crippen LogP contribution in [0.15, 0.2) is 0 Å². The van der Waals surface area contributed by atoms with E-state index in [-0.39, 0.29) is 18.1 Å². The molecule has 0 radical (unpaired) electrons. The van der Waals surface area contributed by atoms with Gasteiger partial charge in [0.25, 0.3) is 0 Å². The van der Waals surface area contributed by atoms with E-state index in [4.69, 9.17) is 4.74 Å². The van der Waals surface area contributed by atoms with Crippen LogP contribution in [-0.4, -0.2) is 39.9 Å².